The van der Waals surface area contributed by atoms with Gasteiger partial charge in [-0.3, -0.25) is 25.0 Å². The van der Waals surface area contributed by atoms with Crippen molar-refractivity contribution in [3.05, 3.63) is 79.9 Å². The molecule has 0 radical (unpaired) electrons. The molecule has 0 heterocycles. The molecule has 0 aliphatic heterocycles. The van der Waals surface area contributed by atoms with Crippen LogP contribution in [0.15, 0.2) is 48.5 Å². The number of nitrogens with one attached hydrogen (secondary N) is 4. The third-order valence-electron chi connectivity index (χ3n) is 11.1. The van der Waals surface area contributed by atoms with Gasteiger partial charge in [-0.2, -0.15) is 0 Å². The zero-order valence-corrected chi connectivity index (χ0v) is 38.0. The summed E-state index contributed by atoms with van der Waals surface area (Å²) in [4.78, 5) is 69.9. The van der Waals surface area contributed by atoms with Crippen LogP contribution < -0.4 is 21.3 Å². The number of rotatable bonds is 18. The molecule has 62 heavy (non-hydrogen) atoms. The minimum Gasteiger partial charge on any atom is -0.467 e. The number of nitrogens with zero attached hydrogens (tertiary/aromatic N) is 2. The monoisotopic (exact) mass is 900 g/mol. The van der Waals surface area contributed by atoms with Gasteiger partial charge in [0, 0.05) is 68.0 Å². The lowest BCUT2D eigenvalue weighted by atomic mass is 9.82. The Hall–Kier alpha value is -5.30. The van der Waals surface area contributed by atoms with Crippen LogP contribution in [0.4, 0.5) is 16.2 Å². The van der Waals surface area contributed by atoms with E-state index in [1.54, 1.807) is 24.3 Å². The molecule has 4 rings (SSSR count). The minimum absolute atomic E-state index is 0.00488. The van der Waals surface area contributed by atoms with Crippen molar-refractivity contribution in [2.24, 2.45) is 10.8 Å². The number of ether oxygens (including phenoxy) is 3. The van der Waals surface area contributed by atoms with E-state index < -0.39 is 45.6 Å². The first-order valence-corrected chi connectivity index (χ1v) is 21.5. The molecular formula is C43H60N6O11S2. The van der Waals surface area contributed by atoms with Crippen molar-refractivity contribution in [1.29, 1.82) is 0 Å². The van der Waals surface area contributed by atoms with Gasteiger partial charge in [0.15, 0.2) is 0 Å². The lowest BCUT2D eigenvalue weighted by Gasteiger charge is -2.33. The fourth-order valence-electron chi connectivity index (χ4n) is 7.75. The molecule has 2 aliphatic rings. The summed E-state index contributed by atoms with van der Waals surface area (Å²) in [6.07, 6.45) is 9.10. The molecular weight excluding hydrogens is 841 g/mol. The summed E-state index contributed by atoms with van der Waals surface area (Å²) in [6.45, 7) is 7.84. The van der Waals surface area contributed by atoms with E-state index in [1.165, 1.54) is 45.4 Å². The van der Waals surface area contributed by atoms with Crippen molar-refractivity contribution in [3.63, 3.8) is 0 Å². The van der Waals surface area contributed by atoms with Crippen LogP contribution in [0.5, 0.6) is 0 Å². The number of nitro groups is 2. The van der Waals surface area contributed by atoms with Crippen molar-refractivity contribution in [2.45, 2.75) is 122 Å². The fourth-order valence-corrected chi connectivity index (χ4v) is 8.65. The van der Waals surface area contributed by atoms with E-state index in [9.17, 15) is 39.4 Å². The molecule has 0 saturated heterocycles. The minimum atomic E-state index is -0.722. The standard InChI is InChI=1S/C23H33N3O6S.C20H27N3O5S/c1-22(2,3)32-21(28)24-14-13-23(11-5-6-12-23)20(33)25-18(19(27)31-4)15-16-7-9-17(10-8-16)26(29)30;1-14(24)21-12-11-20(9-3-4-10-20)19(29)22-17(18(25)28-2)13-15-5-7-16(8-6-15)23(26)27/h7-10,18H,5-6,11-15H2,1-4H3,(H,24,28)(H,25,33);5-8,17H,3-4,9-13H2,1-2H3,(H,21,24)(H,22,29). The number of benzene rings is 2. The predicted molar refractivity (Wildman–Crippen MR) is 241 cm³/mol. The fraction of sp³-hybridized carbons (Fsp3) is 0.581. The van der Waals surface area contributed by atoms with Gasteiger partial charge in [0.2, 0.25) is 5.91 Å². The van der Waals surface area contributed by atoms with Crippen molar-refractivity contribution in [3.8, 4) is 0 Å². The van der Waals surface area contributed by atoms with Crippen molar-refractivity contribution in [2.75, 3.05) is 27.3 Å². The molecule has 0 spiro atoms. The molecule has 340 valence electrons. The second-order valence-electron chi connectivity index (χ2n) is 16.7. The van der Waals surface area contributed by atoms with E-state index in [0.717, 1.165) is 62.5 Å². The van der Waals surface area contributed by atoms with Crippen LogP contribution >= 0.6 is 24.4 Å². The van der Waals surface area contributed by atoms with Gasteiger partial charge >= 0.3 is 18.0 Å². The van der Waals surface area contributed by atoms with E-state index in [2.05, 4.69) is 21.3 Å². The second kappa shape index (κ2) is 23.8. The zero-order valence-electron chi connectivity index (χ0n) is 36.4. The van der Waals surface area contributed by atoms with Crippen LogP contribution in [0, 0.1) is 31.1 Å². The highest BCUT2D eigenvalue weighted by Gasteiger charge is 2.41. The Bertz CT molecular complexity index is 1890. The first-order chi connectivity index (χ1) is 29.2. The number of hydrogen-bond donors (Lipinski definition) is 4. The van der Waals surface area contributed by atoms with E-state index in [0.29, 0.717) is 42.3 Å². The molecule has 2 atom stereocenters. The van der Waals surface area contributed by atoms with Gasteiger partial charge in [-0.25, -0.2) is 14.4 Å². The highest BCUT2D eigenvalue weighted by molar-refractivity contribution is 7.80. The summed E-state index contributed by atoms with van der Waals surface area (Å²) in [5.74, 6) is -0.987. The summed E-state index contributed by atoms with van der Waals surface area (Å²) >= 11 is 11.5. The molecule has 2 unspecified atom stereocenters. The largest absolute Gasteiger partial charge is 0.467 e. The van der Waals surface area contributed by atoms with Gasteiger partial charge in [0.1, 0.15) is 17.7 Å². The van der Waals surface area contributed by atoms with Gasteiger partial charge in [-0.15, -0.1) is 0 Å². The zero-order chi connectivity index (χ0) is 46.1. The first kappa shape index (κ1) is 51.1. The highest BCUT2D eigenvalue weighted by atomic mass is 32.1. The first-order valence-electron chi connectivity index (χ1n) is 20.7. The number of alkyl carbamates (subject to hydrolysis) is 1. The third-order valence-corrected chi connectivity index (χ3v) is 12.2. The van der Waals surface area contributed by atoms with Gasteiger partial charge < -0.3 is 35.5 Å². The van der Waals surface area contributed by atoms with Crippen LogP contribution in [0.2, 0.25) is 0 Å². The smallest absolute Gasteiger partial charge is 0.407 e. The molecule has 19 heteroatoms. The van der Waals surface area contributed by atoms with Gasteiger partial charge in [0.25, 0.3) is 11.4 Å². The van der Waals surface area contributed by atoms with Crippen LogP contribution in [-0.4, -0.2) is 88.8 Å². The van der Waals surface area contributed by atoms with Gasteiger partial charge in [-0.1, -0.05) is 74.4 Å². The lowest BCUT2D eigenvalue weighted by molar-refractivity contribution is -0.385. The number of esters is 2. The van der Waals surface area contributed by atoms with Crippen LogP contribution in [-0.2, 0) is 41.4 Å². The average Bonchev–Trinajstić information content (AvgIpc) is 3.91. The van der Waals surface area contributed by atoms with Crippen molar-refractivity contribution in [1.82, 2.24) is 21.3 Å². The number of methoxy groups -OCH3 is 2. The Balaban J connectivity index is 0.000000333. The van der Waals surface area contributed by atoms with Crippen LogP contribution in [0.1, 0.15) is 103 Å². The molecule has 2 saturated carbocycles. The Morgan fingerprint density at radius 1 is 0.677 bits per heavy atom. The number of thiocarbonyl (C=S) groups is 2. The number of amides is 2. The molecule has 2 fully saturated rings. The molecule has 2 aromatic carbocycles. The molecule has 2 aromatic rings. The van der Waals surface area contributed by atoms with E-state index in [-0.39, 0.29) is 34.5 Å². The van der Waals surface area contributed by atoms with E-state index in [4.69, 9.17) is 38.6 Å². The van der Waals surface area contributed by atoms with E-state index in [1.807, 2.05) is 20.8 Å². The summed E-state index contributed by atoms with van der Waals surface area (Å²) in [5, 5.41) is 33.7. The number of hydrogen-bond acceptors (Lipinski definition) is 13. The maximum Gasteiger partial charge on any atom is 0.407 e. The second-order valence-corrected chi connectivity index (χ2v) is 17.6. The molecule has 0 bridgehead atoms. The summed E-state index contributed by atoms with van der Waals surface area (Å²) in [6, 6.07) is 10.7. The SMILES string of the molecule is COC(=O)C(Cc1ccc([N+](=O)[O-])cc1)NC(=S)C1(CCNC(=O)OC(C)(C)C)CCCC1.COC(=O)C(Cc1ccc([N+](=O)[O-])cc1)NC(=S)C1(CCNC(C)=O)CCCC1. The normalized spacial score (nSPS) is 15.9. The number of nitro benzene ring substituents is 2. The number of carbonyl (C=O) groups excluding carboxylic acids is 4. The van der Waals surface area contributed by atoms with Crippen LogP contribution in [0.3, 0.4) is 0 Å². The summed E-state index contributed by atoms with van der Waals surface area (Å²) in [5.41, 5.74) is 0.343. The Labute approximate surface area is 373 Å². The summed E-state index contributed by atoms with van der Waals surface area (Å²) < 4.78 is 15.2. The molecule has 2 aliphatic carbocycles. The molecule has 2 amide bonds. The average molecular weight is 901 g/mol. The Kier molecular flexibility index (Phi) is 19.6. The molecule has 0 aromatic heterocycles. The topological polar surface area (TPSA) is 230 Å². The molecule has 17 nitrogen and oxygen atoms in total. The highest BCUT2D eigenvalue weighted by Crippen LogP contribution is 2.43. The van der Waals surface area contributed by atoms with Crippen LogP contribution in [0.25, 0.3) is 0 Å². The van der Waals surface area contributed by atoms with Crippen molar-refractivity contribution < 1.29 is 43.2 Å². The maximum absolute atomic E-state index is 12.5. The maximum atomic E-state index is 12.5. The van der Waals surface area contributed by atoms with Crippen molar-refractivity contribution >= 4 is 69.7 Å². The quantitative estimate of drug-likeness (QED) is 0.0399. The third kappa shape index (κ3) is 15.9. The number of carbonyl (C=O) groups is 4. The predicted octanol–water partition coefficient (Wildman–Crippen LogP) is 6.75. The Morgan fingerprint density at radius 2 is 1.03 bits per heavy atom. The van der Waals surface area contributed by atoms with E-state index >= 15 is 0 Å². The van der Waals surface area contributed by atoms with Gasteiger partial charge in [-0.05, 0) is 70.4 Å². The Morgan fingerprint density at radius 3 is 1.34 bits per heavy atom. The molecule has 4 N–H and O–H groups in total. The lowest BCUT2D eigenvalue weighted by Crippen LogP contribution is -2.49. The van der Waals surface area contributed by atoms with Gasteiger partial charge in [0.05, 0.1) is 34.0 Å². The number of non-ortho nitro benzene ring substituents is 2. The summed E-state index contributed by atoms with van der Waals surface area (Å²) in [7, 11) is 2.63.